The maximum Gasteiger partial charge on any atom is 0.326 e. The second-order valence-corrected chi connectivity index (χ2v) is 6.32. The van der Waals surface area contributed by atoms with Gasteiger partial charge in [-0.3, -0.25) is 0 Å². The molecule has 0 radical (unpaired) electrons. The number of piperidine rings is 1. The largest absolute Gasteiger partial charge is 0.480 e. The molecule has 110 valence electrons. The van der Waals surface area contributed by atoms with Crippen LogP contribution in [-0.4, -0.2) is 41.1 Å². The number of carboxylic acids is 1. The molecule has 1 aliphatic heterocycles. The van der Waals surface area contributed by atoms with Gasteiger partial charge in [-0.05, 0) is 30.6 Å². The van der Waals surface area contributed by atoms with E-state index in [9.17, 15) is 9.59 Å². The molecular formula is C14H26N2O3. The van der Waals surface area contributed by atoms with Crippen molar-refractivity contribution in [1.82, 2.24) is 10.2 Å². The van der Waals surface area contributed by atoms with Crippen molar-refractivity contribution in [3.8, 4) is 0 Å². The van der Waals surface area contributed by atoms with Gasteiger partial charge in [0.1, 0.15) is 6.04 Å². The monoisotopic (exact) mass is 270 g/mol. The third kappa shape index (κ3) is 5.09. The highest BCUT2D eigenvalue weighted by molar-refractivity contribution is 5.82. The first-order valence-corrected chi connectivity index (χ1v) is 7.07. The van der Waals surface area contributed by atoms with Crippen molar-refractivity contribution in [2.75, 3.05) is 13.1 Å². The van der Waals surface area contributed by atoms with Crippen LogP contribution >= 0.6 is 0 Å². The summed E-state index contributed by atoms with van der Waals surface area (Å²) in [7, 11) is 0. The lowest BCUT2D eigenvalue weighted by atomic mass is 9.92. The third-order valence-electron chi connectivity index (χ3n) is 3.46. The first-order chi connectivity index (χ1) is 8.79. The van der Waals surface area contributed by atoms with Crippen molar-refractivity contribution >= 4 is 12.0 Å². The van der Waals surface area contributed by atoms with E-state index in [2.05, 4.69) is 19.2 Å². The molecule has 3 atom stereocenters. The summed E-state index contributed by atoms with van der Waals surface area (Å²) in [6, 6.07) is -1.04. The molecule has 1 fully saturated rings. The smallest absolute Gasteiger partial charge is 0.326 e. The number of carbonyl (C=O) groups is 2. The van der Waals surface area contributed by atoms with Crippen molar-refractivity contribution in [1.29, 1.82) is 0 Å². The Bertz CT molecular complexity index is 321. The Morgan fingerprint density at radius 2 is 1.79 bits per heavy atom. The molecule has 1 saturated heterocycles. The minimum atomic E-state index is -0.958. The van der Waals surface area contributed by atoms with Gasteiger partial charge in [-0.2, -0.15) is 0 Å². The zero-order valence-electron chi connectivity index (χ0n) is 12.3. The zero-order chi connectivity index (χ0) is 14.6. The summed E-state index contributed by atoms with van der Waals surface area (Å²) in [5.41, 5.74) is 0. The maximum atomic E-state index is 12.1. The molecule has 0 unspecified atom stereocenters. The Hall–Kier alpha value is -1.26. The second-order valence-electron chi connectivity index (χ2n) is 6.32. The normalized spacial score (nSPS) is 25.2. The van der Waals surface area contributed by atoms with Gasteiger partial charge in [0.05, 0.1) is 0 Å². The molecule has 0 aliphatic carbocycles. The molecule has 19 heavy (non-hydrogen) atoms. The van der Waals surface area contributed by atoms with E-state index >= 15 is 0 Å². The summed E-state index contributed by atoms with van der Waals surface area (Å²) in [5, 5.41) is 11.8. The van der Waals surface area contributed by atoms with Gasteiger partial charge < -0.3 is 15.3 Å². The van der Waals surface area contributed by atoms with Crippen LogP contribution in [-0.2, 0) is 4.79 Å². The van der Waals surface area contributed by atoms with Crippen molar-refractivity contribution in [3.63, 3.8) is 0 Å². The van der Waals surface area contributed by atoms with E-state index in [4.69, 9.17) is 5.11 Å². The molecule has 1 heterocycles. The number of carbonyl (C=O) groups excluding carboxylic acids is 1. The number of nitrogens with one attached hydrogen (secondary N) is 1. The highest BCUT2D eigenvalue weighted by Crippen LogP contribution is 2.21. The molecule has 1 aliphatic rings. The average molecular weight is 270 g/mol. The maximum absolute atomic E-state index is 12.1. The summed E-state index contributed by atoms with van der Waals surface area (Å²) in [6.45, 7) is 9.58. The Morgan fingerprint density at radius 3 is 2.21 bits per heavy atom. The summed E-state index contributed by atoms with van der Waals surface area (Å²) in [5.74, 6) is 0.228. The van der Waals surface area contributed by atoms with Gasteiger partial charge in [-0.25, -0.2) is 9.59 Å². The molecule has 0 spiro atoms. The Kier molecular flexibility index (Phi) is 5.63. The van der Waals surface area contributed by atoms with Crippen molar-refractivity contribution in [3.05, 3.63) is 0 Å². The number of likely N-dealkylation sites (tertiary alicyclic amines) is 1. The molecule has 5 heteroatoms. The van der Waals surface area contributed by atoms with Gasteiger partial charge in [0.15, 0.2) is 0 Å². The summed E-state index contributed by atoms with van der Waals surface area (Å²) in [4.78, 5) is 25.0. The SMILES string of the molecule is CC(C)C[C@H](NC(=O)N1C[C@H](C)C[C@H](C)C1)C(=O)O. The fourth-order valence-electron chi connectivity index (χ4n) is 2.76. The van der Waals surface area contributed by atoms with E-state index in [0.717, 1.165) is 6.42 Å². The Morgan fingerprint density at radius 1 is 1.26 bits per heavy atom. The number of nitrogens with zero attached hydrogens (tertiary/aromatic N) is 1. The molecule has 0 bridgehead atoms. The van der Waals surface area contributed by atoms with E-state index in [1.165, 1.54) is 0 Å². The highest BCUT2D eigenvalue weighted by Gasteiger charge is 2.28. The van der Waals surface area contributed by atoms with Gasteiger partial charge in [-0.15, -0.1) is 0 Å². The van der Waals surface area contributed by atoms with Gasteiger partial charge >= 0.3 is 12.0 Å². The summed E-state index contributed by atoms with van der Waals surface area (Å²) in [6.07, 6.45) is 1.58. The quantitative estimate of drug-likeness (QED) is 0.822. The number of hydrogen-bond donors (Lipinski definition) is 2. The van der Waals surface area contributed by atoms with Gasteiger partial charge in [0.25, 0.3) is 0 Å². The molecule has 0 aromatic rings. The second kappa shape index (κ2) is 6.78. The van der Waals surface area contributed by atoms with Crippen LogP contribution in [0.15, 0.2) is 0 Å². The molecule has 0 saturated carbocycles. The van der Waals surface area contributed by atoms with E-state index in [1.54, 1.807) is 4.90 Å². The van der Waals surface area contributed by atoms with E-state index in [-0.39, 0.29) is 11.9 Å². The van der Waals surface area contributed by atoms with Crippen molar-refractivity contribution < 1.29 is 14.7 Å². The van der Waals surface area contributed by atoms with Gasteiger partial charge in [0, 0.05) is 13.1 Å². The highest BCUT2D eigenvalue weighted by atomic mass is 16.4. The molecule has 0 aromatic carbocycles. The van der Waals surface area contributed by atoms with Crippen LogP contribution in [0.1, 0.15) is 40.5 Å². The number of carboxylic acid groups (broad SMARTS) is 1. The standard InChI is InChI=1S/C14H26N2O3/c1-9(2)5-12(13(17)18)15-14(19)16-7-10(3)6-11(4)8-16/h9-12H,5-8H2,1-4H3,(H,15,19)(H,17,18)/t10-,11+,12-/m0/s1. The lowest BCUT2D eigenvalue weighted by molar-refractivity contribution is -0.139. The first-order valence-electron chi connectivity index (χ1n) is 7.07. The predicted molar refractivity (Wildman–Crippen MR) is 73.9 cm³/mol. The van der Waals surface area contributed by atoms with Crippen molar-refractivity contribution in [2.24, 2.45) is 17.8 Å². The fourth-order valence-corrected chi connectivity index (χ4v) is 2.76. The van der Waals surface area contributed by atoms with Crippen LogP contribution in [0.5, 0.6) is 0 Å². The van der Waals surface area contributed by atoms with Crippen LogP contribution in [0.25, 0.3) is 0 Å². The minimum absolute atomic E-state index is 0.237. The number of urea groups is 1. The first kappa shape index (κ1) is 15.8. The number of amides is 2. The number of rotatable bonds is 4. The Balaban J connectivity index is 2.58. The predicted octanol–water partition coefficient (Wildman–Crippen LogP) is 2.17. The number of aliphatic carboxylic acids is 1. The topological polar surface area (TPSA) is 69.6 Å². The summed E-state index contributed by atoms with van der Waals surface area (Å²) >= 11 is 0. The summed E-state index contributed by atoms with van der Waals surface area (Å²) < 4.78 is 0. The van der Waals surface area contributed by atoms with Gasteiger partial charge in [0.2, 0.25) is 0 Å². The van der Waals surface area contributed by atoms with Gasteiger partial charge in [-0.1, -0.05) is 27.7 Å². The Labute approximate surface area is 115 Å². The van der Waals surface area contributed by atoms with Crippen LogP contribution < -0.4 is 5.32 Å². The van der Waals surface area contributed by atoms with Crippen LogP contribution in [0.3, 0.4) is 0 Å². The number of hydrogen-bond acceptors (Lipinski definition) is 2. The molecule has 5 nitrogen and oxygen atoms in total. The van der Waals surface area contributed by atoms with Crippen LogP contribution in [0, 0.1) is 17.8 Å². The minimum Gasteiger partial charge on any atom is -0.480 e. The zero-order valence-corrected chi connectivity index (χ0v) is 12.3. The molecular weight excluding hydrogens is 244 g/mol. The fraction of sp³-hybridized carbons (Fsp3) is 0.857. The molecule has 1 rings (SSSR count). The molecule has 2 amide bonds. The molecule has 2 N–H and O–H groups in total. The average Bonchev–Trinajstić information content (AvgIpc) is 2.25. The third-order valence-corrected chi connectivity index (χ3v) is 3.46. The lowest BCUT2D eigenvalue weighted by Crippen LogP contribution is -2.52. The molecule has 0 aromatic heterocycles. The van der Waals surface area contributed by atoms with Crippen LogP contribution in [0.4, 0.5) is 4.79 Å². The van der Waals surface area contributed by atoms with Crippen LogP contribution in [0.2, 0.25) is 0 Å². The van der Waals surface area contributed by atoms with E-state index in [1.807, 2.05) is 13.8 Å². The van der Waals surface area contributed by atoms with E-state index in [0.29, 0.717) is 31.3 Å². The lowest BCUT2D eigenvalue weighted by Gasteiger charge is -2.35. The van der Waals surface area contributed by atoms with E-state index < -0.39 is 12.0 Å². The van der Waals surface area contributed by atoms with Crippen molar-refractivity contribution in [2.45, 2.75) is 46.6 Å².